The Morgan fingerprint density at radius 2 is 1.88 bits per heavy atom. The molecule has 0 amide bonds. The van der Waals surface area contributed by atoms with Crippen molar-refractivity contribution < 1.29 is 10.2 Å². The van der Waals surface area contributed by atoms with Gasteiger partial charge in [0, 0.05) is 18.8 Å². The molecule has 2 heterocycles. The Morgan fingerprint density at radius 3 is 2.62 bits per heavy atom. The second-order valence-electron chi connectivity index (χ2n) is 4.67. The average molecular weight is 220 g/mol. The lowest BCUT2D eigenvalue weighted by Gasteiger charge is -2.17. The highest BCUT2D eigenvalue weighted by Gasteiger charge is 2.30. The van der Waals surface area contributed by atoms with E-state index in [1.807, 2.05) is 11.0 Å². The Morgan fingerprint density at radius 1 is 1.12 bits per heavy atom. The van der Waals surface area contributed by atoms with Gasteiger partial charge >= 0.3 is 0 Å². The maximum Gasteiger partial charge on any atom is 0.128 e. The number of fused-ring (bicyclic) bond motifs is 1. The third-order valence-corrected chi connectivity index (χ3v) is 3.50. The van der Waals surface area contributed by atoms with Gasteiger partial charge in [-0.1, -0.05) is 6.07 Å². The first-order valence-corrected chi connectivity index (χ1v) is 5.84. The molecular weight excluding hydrogens is 204 g/mol. The first kappa shape index (κ1) is 10.1. The summed E-state index contributed by atoms with van der Waals surface area (Å²) < 4.78 is 0. The minimum absolute atomic E-state index is 0.479. The van der Waals surface area contributed by atoms with Crippen LogP contribution in [0, 0.1) is 0 Å². The van der Waals surface area contributed by atoms with Gasteiger partial charge in [-0.2, -0.15) is 0 Å². The van der Waals surface area contributed by atoms with Crippen LogP contribution in [0.2, 0.25) is 0 Å². The molecule has 2 unspecified atom stereocenters. The third-order valence-electron chi connectivity index (χ3n) is 3.50. The average Bonchev–Trinajstić information content (AvgIpc) is 2.85. The van der Waals surface area contributed by atoms with Crippen LogP contribution >= 0.6 is 0 Å². The Balaban J connectivity index is 1.85. The molecule has 1 aromatic heterocycles. The molecule has 0 aromatic carbocycles. The first-order valence-electron chi connectivity index (χ1n) is 5.84. The van der Waals surface area contributed by atoms with Crippen LogP contribution in [-0.4, -0.2) is 40.5 Å². The fourth-order valence-electron chi connectivity index (χ4n) is 2.54. The Hall–Kier alpha value is -1.13. The zero-order valence-electron chi connectivity index (χ0n) is 9.13. The van der Waals surface area contributed by atoms with E-state index in [0.717, 1.165) is 18.7 Å². The SMILES string of the molecule is OC1CN(c2ccc3c(n2)CCC3)CC1O. The molecule has 16 heavy (non-hydrogen) atoms. The third kappa shape index (κ3) is 1.58. The summed E-state index contributed by atoms with van der Waals surface area (Å²) >= 11 is 0. The van der Waals surface area contributed by atoms with E-state index in [0.29, 0.717) is 13.1 Å². The molecule has 3 rings (SSSR count). The second kappa shape index (κ2) is 3.71. The lowest BCUT2D eigenvalue weighted by atomic mass is 10.2. The van der Waals surface area contributed by atoms with Gasteiger partial charge in [0.25, 0.3) is 0 Å². The van der Waals surface area contributed by atoms with Gasteiger partial charge in [-0.3, -0.25) is 0 Å². The van der Waals surface area contributed by atoms with Crippen molar-refractivity contribution in [1.82, 2.24) is 4.98 Å². The summed E-state index contributed by atoms with van der Waals surface area (Å²) in [6, 6.07) is 4.12. The minimum atomic E-state index is -0.643. The molecule has 2 atom stereocenters. The number of pyridine rings is 1. The number of hydrogen-bond donors (Lipinski definition) is 2. The number of rotatable bonds is 1. The number of aromatic nitrogens is 1. The number of aryl methyl sites for hydroxylation is 2. The number of β-amino-alcohol motifs (C(OH)–C–C–N with tert-alkyl or cyclic N) is 2. The molecule has 2 aliphatic rings. The highest BCUT2D eigenvalue weighted by Crippen LogP contribution is 2.25. The van der Waals surface area contributed by atoms with Crippen LogP contribution in [0.4, 0.5) is 5.82 Å². The molecule has 2 N–H and O–H groups in total. The van der Waals surface area contributed by atoms with Crippen LogP contribution in [0.15, 0.2) is 12.1 Å². The fraction of sp³-hybridized carbons (Fsp3) is 0.583. The van der Waals surface area contributed by atoms with E-state index in [-0.39, 0.29) is 0 Å². The lowest BCUT2D eigenvalue weighted by Crippen LogP contribution is -2.22. The molecule has 4 nitrogen and oxygen atoms in total. The smallest absolute Gasteiger partial charge is 0.128 e. The summed E-state index contributed by atoms with van der Waals surface area (Å²) in [5.74, 6) is 0.885. The predicted octanol–water partition coefficient (Wildman–Crippen LogP) is 0.112. The van der Waals surface area contributed by atoms with Crippen LogP contribution in [0.5, 0.6) is 0 Å². The molecule has 4 heteroatoms. The zero-order chi connectivity index (χ0) is 11.1. The standard InChI is InChI=1S/C12H16N2O2/c15-10-6-14(7-11(10)16)12-5-4-8-2-1-3-9(8)13-12/h4-5,10-11,15-16H,1-3,6-7H2. The summed E-state index contributed by atoms with van der Waals surface area (Å²) in [6.07, 6.45) is 2.10. The Labute approximate surface area is 94.5 Å². The number of nitrogens with zero attached hydrogens (tertiary/aromatic N) is 2. The van der Waals surface area contributed by atoms with Crippen molar-refractivity contribution in [2.75, 3.05) is 18.0 Å². The highest BCUT2D eigenvalue weighted by molar-refractivity contribution is 5.44. The molecule has 1 saturated heterocycles. The summed E-state index contributed by atoms with van der Waals surface area (Å²) in [5.41, 5.74) is 2.54. The van der Waals surface area contributed by atoms with Gasteiger partial charge in [-0.05, 0) is 30.9 Å². The minimum Gasteiger partial charge on any atom is -0.389 e. The van der Waals surface area contributed by atoms with Crippen LogP contribution in [0.25, 0.3) is 0 Å². The van der Waals surface area contributed by atoms with Gasteiger partial charge in [0.1, 0.15) is 5.82 Å². The summed E-state index contributed by atoms with van der Waals surface area (Å²) in [4.78, 5) is 6.56. The van der Waals surface area contributed by atoms with E-state index in [4.69, 9.17) is 0 Å². The van der Waals surface area contributed by atoms with Crippen molar-refractivity contribution >= 4 is 5.82 Å². The zero-order valence-corrected chi connectivity index (χ0v) is 9.13. The second-order valence-corrected chi connectivity index (χ2v) is 4.67. The number of anilines is 1. The van der Waals surface area contributed by atoms with E-state index in [1.165, 1.54) is 17.7 Å². The number of aliphatic hydroxyl groups excluding tert-OH is 2. The Bertz CT molecular complexity index is 398. The maximum absolute atomic E-state index is 9.50. The molecule has 0 radical (unpaired) electrons. The largest absolute Gasteiger partial charge is 0.389 e. The molecule has 0 saturated carbocycles. The van der Waals surface area contributed by atoms with Gasteiger partial charge in [0.05, 0.1) is 12.2 Å². The number of hydrogen-bond acceptors (Lipinski definition) is 4. The molecule has 1 aromatic rings. The summed E-state index contributed by atoms with van der Waals surface area (Å²) in [7, 11) is 0. The van der Waals surface area contributed by atoms with Crippen molar-refractivity contribution in [3.8, 4) is 0 Å². The fourth-order valence-corrected chi connectivity index (χ4v) is 2.54. The van der Waals surface area contributed by atoms with Crippen molar-refractivity contribution in [3.63, 3.8) is 0 Å². The van der Waals surface area contributed by atoms with E-state index in [9.17, 15) is 10.2 Å². The molecule has 1 fully saturated rings. The van der Waals surface area contributed by atoms with E-state index < -0.39 is 12.2 Å². The monoisotopic (exact) mass is 220 g/mol. The van der Waals surface area contributed by atoms with Crippen LogP contribution in [-0.2, 0) is 12.8 Å². The molecular formula is C12H16N2O2. The van der Waals surface area contributed by atoms with Crippen molar-refractivity contribution in [2.24, 2.45) is 0 Å². The van der Waals surface area contributed by atoms with Gasteiger partial charge in [-0.25, -0.2) is 4.98 Å². The highest BCUT2D eigenvalue weighted by atomic mass is 16.3. The lowest BCUT2D eigenvalue weighted by molar-refractivity contribution is 0.0572. The van der Waals surface area contributed by atoms with Crippen LogP contribution in [0.1, 0.15) is 17.7 Å². The Kier molecular flexibility index (Phi) is 2.33. The van der Waals surface area contributed by atoms with Gasteiger partial charge in [0.2, 0.25) is 0 Å². The normalized spacial score (nSPS) is 28.5. The van der Waals surface area contributed by atoms with Crippen LogP contribution in [0.3, 0.4) is 0 Å². The number of aliphatic hydroxyl groups is 2. The van der Waals surface area contributed by atoms with Gasteiger partial charge in [0.15, 0.2) is 0 Å². The van der Waals surface area contributed by atoms with E-state index in [2.05, 4.69) is 11.1 Å². The molecule has 0 bridgehead atoms. The quantitative estimate of drug-likeness (QED) is 0.705. The van der Waals surface area contributed by atoms with Crippen LogP contribution < -0.4 is 4.90 Å². The predicted molar refractivity (Wildman–Crippen MR) is 60.5 cm³/mol. The molecule has 1 aliphatic carbocycles. The van der Waals surface area contributed by atoms with Gasteiger partial charge in [-0.15, -0.1) is 0 Å². The van der Waals surface area contributed by atoms with Crippen molar-refractivity contribution in [1.29, 1.82) is 0 Å². The molecule has 1 aliphatic heterocycles. The summed E-state index contributed by atoms with van der Waals surface area (Å²) in [5, 5.41) is 19.0. The van der Waals surface area contributed by atoms with Gasteiger partial charge < -0.3 is 15.1 Å². The van der Waals surface area contributed by atoms with E-state index >= 15 is 0 Å². The summed E-state index contributed by atoms with van der Waals surface area (Å²) in [6.45, 7) is 0.958. The topological polar surface area (TPSA) is 56.6 Å². The van der Waals surface area contributed by atoms with Crippen molar-refractivity contribution in [2.45, 2.75) is 31.5 Å². The van der Waals surface area contributed by atoms with E-state index in [1.54, 1.807) is 0 Å². The first-order chi connectivity index (χ1) is 7.74. The molecule has 0 spiro atoms. The van der Waals surface area contributed by atoms with Crippen molar-refractivity contribution in [3.05, 3.63) is 23.4 Å². The maximum atomic E-state index is 9.50. The molecule has 86 valence electrons.